The summed E-state index contributed by atoms with van der Waals surface area (Å²) < 4.78 is 25.6. The number of benzene rings is 1. The molecule has 1 N–H and O–H groups in total. The quantitative estimate of drug-likeness (QED) is 0.898. The van der Waals surface area contributed by atoms with E-state index >= 15 is 0 Å². The van der Waals surface area contributed by atoms with Crippen LogP contribution in [0.25, 0.3) is 0 Å². The van der Waals surface area contributed by atoms with Gasteiger partial charge in [-0.2, -0.15) is 4.31 Å². The lowest BCUT2D eigenvalue weighted by Gasteiger charge is -2.20. The van der Waals surface area contributed by atoms with Crippen LogP contribution in [0.1, 0.15) is 12.8 Å². The number of hydrogen-bond acceptors (Lipinski definition) is 3. The lowest BCUT2D eigenvalue weighted by atomic mass is 10.2. The van der Waals surface area contributed by atoms with Gasteiger partial charge in [0.05, 0.1) is 11.0 Å². The summed E-state index contributed by atoms with van der Waals surface area (Å²) in [5.41, 5.74) is 0. The molecule has 1 aromatic carbocycles. The van der Waals surface area contributed by atoms with Gasteiger partial charge in [0.1, 0.15) is 0 Å². The predicted molar refractivity (Wildman–Crippen MR) is 70.0 cm³/mol. The van der Waals surface area contributed by atoms with Crippen molar-refractivity contribution in [3.8, 4) is 0 Å². The van der Waals surface area contributed by atoms with Crippen LogP contribution >= 0.6 is 11.6 Å². The number of likely N-dealkylation sites (N-methyl/N-ethyl adjacent to an activating group) is 1. The average Bonchev–Trinajstić information content (AvgIpc) is 3.12. The first kappa shape index (κ1) is 13.8. The maximum atomic E-state index is 12.2. The molecule has 0 saturated heterocycles. The minimum atomic E-state index is -3.57. The van der Waals surface area contributed by atoms with Gasteiger partial charge >= 0.3 is 0 Å². The SMILES string of the molecule is CN(CC(O)C1CC1)S(=O)(=O)c1cccc(Cl)c1. The molecule has 0 aromatic heterocycles. The summed E-state index contributed by atoms with van der Waals surface area (Å²) in [6, 6.07) is 6.14. The molecule has 0 radical (unpaired) electrons. The molecule has 1 aromatic rings. The topological polar surface area (TPSA) is 57.6 Å². The molecule has 100 valence electrons. The highest BCUT2D eigenvalue weighted by molar-refractivity contribution is 7.89. The molecule has 1 saturated carbocycles. The third-order valence-electron chi connectivity index (χ3n) is 3.11. The normalized spacial score (nSPS) is 18.0. The van der Waals surface area contributed by atoms with E-state index in [9.17, 15) is 13.5 Å². The van der Waals surface area contributed by atoms with E-state index in [1.807, 2.05) is 0 Å². The minimum Gasteiger partial charge on any atom is -0.391 e. The highest BCUT2D eigenvalue weighted by atomic mass is 35.5. The van der Waals surface area contributed by atoms with E-state index in [1.165, 1.54) is 23.5 Å². The van der Waals surface area contributed by atoms with Crippen LogP contribution in [0.3, 0.4) is 0 Å². The summed E-state index contributed by atoms with van der Waals surface area (Å²) in [7, 11) is -2.10. The standard InChI is InChI=1S/C12H16ClNO3S/c1-14(8-12(15)9-5-6-9)18(16,17)11-4-2-3-10(13)7-11/h2-4,7,9,12,15H,5-6,8H2,1H3. The summed E-state index contributed by atoms with van der Waals surface area (Å²) in [6.45, 7) is 0.125. The van der Waals surface area contributed by atoms with Crippen molar-refractivity contribution in [2.75, 3.05) is 13.6 Å². The summed E-state index contributed by atoms with van der Waals surface area (Å²) in [5.74, 6) is 0.252. The zero-order valence-electron chi connectivity index (χ0n) is 10.1. The van der Waals surface area contributed by atoms with Crippen molar-refractivity contribution in [3.05, 3.63) is 29.3 Å². The molecule has 18 heavy (non-hydrogen) atoms. The van der Waals surface area contributed by atoms with Gasteiger partial charge in [-0.3, -0.25) is 0 Å². The van der Waals surface area contributed by atoms with Crippen molar-refractivity contribution in [3.63, 3.8) is 0 Å². The van der Waals surface area contributed by atoms with Crippen molar-refractivity contribution in [1.82, 2.24) is 4.31 Å². The predicted octanol–water partition coefficient (Wildman–Crippen LogP) is 1.73. The van der Waals surface area contributed by atoms with Gasteiger partial charge in [-0.25, -0.2) is 8.42 Å². The van der Waals surface area contributed by atoms with Crippen LogP contribution in [-0.2, 0) is 10.0 Å². The number of sulfonamides is 1. The molecular formula is C12H16ClNO3S. The van der Waals surface area contributed by atoms with Gasteiger partial charge in [0.2, 0.25) is 10.0 Å². The number of rotatable bonds is 5. The Hall–Kier alpha value is -0.620. The Morgan fingerprint density at radius 3 is 2.72 bits per heavy atom. The Morgan fingerprint density at radius 2 is 2.17 bits per heavy atom. The lowest BCUT2D eigenvalue weighted by molar-refractivity contribution is 0.131. The molecule has 0 bridgehead atoms. The van der Waals surface area contributed by atoms with Crippen molar-refractivity contribution in [2.24, 2.45) is 5.92 Å². The first-order valence-corrected chi connectivity index (χ1v) is 7.63. The molecular weight excluding hydrogens is 274 g/mol. The maximum absolute atomic E-state index is 12.2. The summed E-state index contributed by atoms with van der Waals surface area (Å²) >= 11 is 5.79. The Labute approximate surface area is 112 Å². The number of aliphatic hydroxyl groups is 1. The lowest BCUT2D eigenvalue weighted by Crippen LogP contribution is -2.35. The molecule has 1 aliphatic rings. The zero-order chi connectivity index (χ0) is 13.3. The molecule has 0 heterocycles. The van der Waals surface area contributed by atoms with Gasteiger partial charge in [-0.05, 0) is 37.0 Å². The first-order valence-electron chi connectivity index (χ1n) is 5.81. The Bertz CT molecular complexity index is 528. The van der Waals surface area contributed by atoms with Crippen LogP contribution in [0.5, 0.6) is 0 Å². The largest absolute Gasteiger partial charge is 0.391 e. The Balaban J connectivity index is 2.14. The fraction of sp³-hybridized carbons (Fsp3) is 0.500. The second-order valence-corrected chi connectivity index (χ2v) is 7.13. The van der Waals surface area contributed by atoms with Crippen LogP contribution in [0.2, 0.25) is 5.02 Å². The van der Waals surface area contributed by atoms with E-state index in [0.29, 0.717) is 5.02 Å². The zero-order valence-corrected chi connectivity index (χ0v) is 11.7. The number of halogens is 1. The van der Waals surface area contributed by atoms with E-state index in [0.717, 1.165) is 12.8 Å². The first-order chi connectivity index (χ1) is 8.41. The monoisotopic (exact) mass is 289 g/mol. The van der Waals surface area contributed by atoms with Crippen molar-refractivity contribution in [1.29, 1.82) is 0 Å². The molecule has 1 unspecified atom stereocenters. The van der Waals surface area contributed by atoms with Crippen LogP contribution in [-0.4, -0.2) is 37.5 Å². The van der Waals surface area contributed by atoms with Gasteiger partial charge in [0.15, 0.2) is 0 Å². The molecule has 1 fully saturated rings. The van der Waals surface area contributed by atoms with Crippen molar-refractivity contribution < 1.29 is 13.5 Å². The smallest absolute Gasteiger partial charge is 0.242 e. The van der Waals surface area contributed by atoms with Crippen molar-refractivity contribution in [2.45, 2.75) is 23.8 Å². The molecule has 1 aliphatic carbocycles. The van der Waals surface area contributed by atoms with E-state index < -0.39 is 16.1 Å². The van der Waals surface area contributed by atoms with Gasteiger partial charge in [0, 0.05) is 18.6 Å². The van der Waals surface area contributed by atoms with Gasteiger partial charge in [-0.15, -0.1) is 0 Å². The van der Waals surface area contributed by atoms with Crippen LogP contribution < -0.4 is 0 Å². The molecule has 1 atom stereocenters. The number of nitrogens with zero attached hydrogens (tertiary/aromatic N) is 1. The average molecular weight is 290 g/mol. The van der Waals surface area contributed by atoms with Gasteiger partial charge in [-0.1, -0.05) is 17.7 Å². The Kier molecular flexibility index (Phi) is 3.96. The highest BCUT2D eigenvalue weighted by Gasteiger charge is 2.33. The minimum absolute atomic E-state index is 0.125. The van der Waals surface area contributed by atoms with E-state index in [2.05, 4.69) is 0 Å². The highest BCUT2D eigenvalue weighted by Crippen LogP contribution is 2.33. The van der Waals surface area contributed by atoms with Gasteiger partial charge in [0.25, 0.3) is 0 Å². The molecule has 0 aliphatic heterocycles. The maximum Gasteiger partial charge on any atom is 0.242 e. The second kappa shape index (κ2) is 5.17. The number of hydrogen-bond donors (Lipinski definition) is 1. The number of aliphatic hydroxyl groups excluding tert-OH is 1. The Morgan fingerprint density at radius 1 is 1.50 bits per heavy atom. The van der Waals surface area contributed by atoms with Crippen LogP contribution in [0.15, 0.2) is 29.2 Å². The summed E-state index contributed by atoms with van der Waals surface area (Å²) in [4.78, 5) is 0.153. The molecule has 0 amide bonds. The molecule has 4 nitrogen and oxygen atoms in total. The fourth-order valence-corrected chi connectivity index (χ4v) is 3.29. The summed E-state index contributed by atoms with van der Waals surface area (Å²) in [5, 5.41) is 10.2. The fourth-order valence-electron chi connectivity index (χ4n) is 1.80. The van der Waals surface area contributed by atoms with Gasteiger partial charge < -0.3 is 5.11 Å². The van der Waals surface area contributed by atoms with Crippen LogP contribution in [0, 0.1) is 5.92 Å². The summed E-state index contributed by atoms with van der Waals surface area (Å²) in [6.07, 6.45) is 1.38. The molecule has 0 spiro atoms. The third kappa shape index (κ3) is 3.03. The third-order valence-corrected chi connectivity index (χ3v) is 5.17. The van der Waals surface area contributed by atoms with Crippen molar-refractivity contribution >= 4 is 21.6 Å². The molecule has 6 heteroatoms. The van der Waals surface area contributed by atoms with E-state index in [-0.39, 0.29) is 17.4 Å². The van der Waals surface area contributed by atoms with E-state index in [4.69, 9.17) is 11.6 Å². The van der Waals surface area contributed by atoms with E-state index in [1.54, 1.807) is 12.1 Å². The second-order valence-electron chi connectivity index (χ2n) is 4.65. The molecule has 2 rings (SSSR count). The van der Waals surface area contributed by atoms with Crippen LogP contribution in [0.4, 0.5) is 0 Å².